The minimum Gasteiger partial charge on any atom is -0.505 e. The number of halogens is 2. The maximum atomic E-state index is 9.74. The van der Waals surface area contributed by atoms with Crippen molar-refractivity contribution in [2.45, 2.75) is 12.5 Å². The molecule has 0 amide bonds. The molecule has 1 aromatic rings. The van der Waals surface area contributed by atoms with Gasteiger partial charge in [0.2, 0.25) is 0 Å². The molecular weight excluding hydrogens is 394 g/mol. The minimum atomic E-state index is 0.253. The summed E-state index contributed by atoms with van der Waals surface area (Å²) < 4.78 is 1.81. The third-order valence-electron chi connectivity index (χ3n) is 2.10. The number of pyridine rings is 1. The molecule has 3 nitrogen and oxygen atoms in total. The molecule has 2 heterocycles. The molecule has 0 aliphatic carbocycles. The zero-order chi connectivity index (χ0) is 9.42. The Labute approximate surface area is 104 Å². The molecule has 5 heteroatoms. The van der Waals surface area contributed by atoms with E-state index in [0.717, 1.165) is 25.9 Å². The van der Waals surface area contributed by atoms with E-state index in [-0.39, 0.29) is 6.04 Å². The first-order chi connectivity index (χ1) is 6.18. The first-order valence-electron chi connectivity index (χ1n) is 3.97. The number of aromatic nitrogens is 1. The third-order valence-corrected chi connectivity index (χ3v) is 3.47. The van der Waals surface area contributed by atoms with Gasteiger partial charge in [-0.05, 0) is 64.2 Å². The summed E-state index contributed by atoms with van der Waals surface area (Å²) in [5.74, 6) is 0.332. The highest BCUT2D eigenvalue weighted by Crippen LogP contribution is 2.32. The van der Waals surface area contributed by atoms with Gasteiger partial charge in [-0.2, -0.15) is 0 Å². The van der Waals surface area contributed by atoms with Crippen molar-refractivity contribution in [2.75, 3.05) is 6.54 Å². The Morgan fingerprint density at radius 3 is 2.77 bits per heavy atom. The molecule has 1 fully saturated rings. The third kappa shape index (κ3) is 1.91. The number of hydrogen-bond acceptors (Lipinski definition) is 3. The zero-order valence-electron chi connectivity index (χ0n) is 6.72. The van der Waals surface area contributed by atoms with Crippen LogP contribution in [0.25, 0.3) is 0 Å². The Morgan fingerprint density at radius 1 is 1.54 bits per heavy atom. The summed E-state index contributed by atoms with van der Waals surface area (Å²) in [5.41, 5.74) is 0.794. The lowest BCUT2D eigenvalue weighted by atomic mass is 10.0. The Hall–Kier alpha value is 0.370. The van der Waals surface area contributed by atoms with Gasteiger partial charge in [0.25, 0.3) is 0 Å². The molecule has 0 saturated carbocycles. The average molecular weight is 402 g/mol. The monoisotopic (exact) mass is 402 g/mol. The van der Waals surface area contributed by atoms with Crippen LogP contribution in [0.15, 0.2) is 6.07 Å². The van der Waals surface area contributed by atoms with E-state index < -0.39 is 0 Å². The summed E-state index contributed by atoms with van der Waals surface area (Å²) in [6.07, 6.45) is 1.07. The predicted molar refractivity (Wildman–Crippen MR) is 66.7 cm³/mol. The fourth-order valence-corrected chi connectivity index (χ4v) is 3.00. The van der Waals surface area contributed by atoms with Crippen LogP contribution in [0.2, 0.25) is 0 Å². The van der Waals surface area contributed by atoms with Gasteiger partial charge >= 0.3 is 0 Å². The van der Waals surface area contributed by atoms with Gasteiger partial charge in [0.15, 0.2) is 5.75 Å². The van der Waals surface area contributed by atoms with Crippen molar-refractivity contribution in [1.29, 1.82) is 0 Å². The smallest absolute Gasteiger partial charge is 0.152 e. The van der Waals surface area contributed by atoms with Gasteiger partial charge in [-0.25, -0.2) is 4.98 Å². The standard InChI is InChI=1S/C8H8I2N2O/c9-4-3-6(10)12-7(8(4)13)5-1-2-11-5/h3,5,11,13H,1-2H2. The van der Waals surface area contributed by atoms with E-state index in [4.69, 9.17) is 0 Å². The number of nitrogens with zero attached hydrogens (tertiary/aromatic N) is 1. The summed E-state index contributed by atoms with van der Waals surface area (Å²) in [6, 6.07) is 2.13. The van der Waals surface area contributed by atoms with Crippen LogP contribution in [-0.4, -0.2) is 16.6 Å². The second-order valence-electron chi connectivity index (χ2n) is 2.96. The summed E-state index contributed by atoms with van der Waals surface area (Å²) in [7, 11) is 0. The SMILES string of the molecule is Oc1c(I)cc(I)nc1C1CCN1. The topological polar surface area (TPSA) is 45.2 Å². The van der Waals surface area contributed by atoms with Crippen LogP contribution in [0.5, 0.6) is 5.75 Å². The number of nitrogens with one attached hydrogen (secondary N) is 1. The van der Waals surface area contributed by atoms with Crippen LogP contribution < -0.4 is 5.32 Å². The van der Waals surface area contributed by atoms with Crippen molar-refractivity contribution in [3.8, 4) is 5.75 Å². The summed E-state index contributed by atoms with van der Waals surface area (Å²) in [5, 5.41) is 13.0. The highest BCUT2D eigenvalue weighted by atomic mass is 127. The van der Waals surface area contributed by atoms with Gasteiger partial charge in [0.05, 0.1) is 9.61 Å². The molecule has 70 valence electrons. The van der Waals surface area contributed by atoms with E-state index >= 15 is 0 Å². The van der Waals surface area contributed by atoms with Crippen LogP contribution in [0.3, 0.4) is 0 Å². The molecule has 13 heavy (non-hydrogen) atoms. The quantitative estimate of drug-likeness (QED) is 0.559. The summed E-state index contributed by atoms with van der Waals surface area (Å²) >= 11 is 4.29. The van der Waals surface area contributed by atoms with Crippen molar-refractivity contribution in [3.05, 3.63) is 19.0 Å². The lowest BCUT2D eigenvalue weighted by molar-refractivity contribution is 0.353. The van der Waals surface area contributed by atoms with Gasteiger partial charge in [-0.15, -0.1) is 0 Å². The lowest BCUT2D eigenvalue weighted by Crippen LogP contribution is -2.35. The molecule has 1 aliphatic heterocycles. The molecule has 1 saturated heterocycles. The van der Waals surface area contributed by atoms with E-state index in [9.17, 15) is 5.11 Å². The van der Waals surface area contributed by atoms with Gasteiger partial charge < -0.3 is 10.4 Å². The van der Waals surface area contributed by atoms with Gasteiger partial charge in [-0.3, -0.25) is 0 Å². The van der Waals surface area contributed by atoms with E-state index in [1.807, 2.05) is 6.07 Å². The molecule has 1 unspecified atom stereocenters. The molecule has 1 aromatic heterocycles. The number of hydrogen-bond donors (Lipinski definition) is 2. The van der Waals surface area contributed by atoms with E-state index in [1.165, 1.54) is 0 Å². The highest BCUT2D eigenvalue weighted by molar-refractivity contribution is 14.1. The summed E-state index contributed by atoms with van der Waals surface area (Å²) in [4.78, 5) is 4.32. The Balaban J connectivity index is 2.42. The Bertz CT molecular complexity index is 339. The van der Waals surface area contributed by atoms with Crippen LogP contribution >= 0.6 is 45.2 Å². The fraction of sp³-hybridized carbons (Fsp3) is 0.375. The molecule has 0 spiro atoms. The van der Waals surface area contributed by atoms with Crippen molar-refractivity contribution in [2.24, 2.45) is 0 Å². The number of rotatable bonds is 1. The highest BCUT2D eigenvalue weighted by Gasteiger charge is 2.24. The fourth-order valence-electron chi connectivity index (χ4n) is 1.26. The molecule has 0 radical (unpaired) electrons. The molecule has 0 bridgehead atoms. The van der Waals surface area contributed by atoms with Crippen LogP contribution in [0, 0.1) is 7.27 Å². The molecule has 2 N–H and O–H groups in total. The van der Waals surface area contributed by atoms with Crippen molar-refractivity contribution < 1.29 is 5.11 Å². The van der Waals surface area contributed by atoms with Crippen LogP contribution in [-0.2, 0) is 0 Å². The van der Waals surface area contributed by atoms with Crippen molar-refractivity contribution in [3.63, 3.8) is 0 Å². The van der Waals surface area contributed by atoms with Gasteiger partial charge in [0, 0.05) is 0 Å². The maximum Gasteiger partial charge on any atom is 0.152 e. The molecule has 2 rings (SSSR count). The second-order valence-corrected chi connectivity index (χ2v) is 5.22. The molecule has 0 aromatic carbocycles. The first kappa shape index (κ1) is 9.91. The zero-order valence-corrected chi connectivity index (χ0v) is 11.0. The molecule has 1 aliphatic rings. The summed E-state index contributed by atoms with van der Waals surface area (Å²) in [6.45, 7) is 1.02. The molecular formula is C8H8I2N2O. The van der Waals surface area contributed by atoms with Crippen molar-refractivity contribution >= 4 is 45.2 Å². The van der Waals surface area contributed by atoms with E-state index in [1.54, 1.807) is 0 Å². The Kier molecular flexibility index (Phi) is 2.94. The largest absolute Gasteiger partial charge is 0.505 e. The van der Waals surface area contributed by atoms with Gasteiger partial charge in [-0.1, -0.05) is 0 Å². The van der Waals surface area contributed by atoms with Crippen LogP contribution in [0.4, 0.5) is 0 Å². The minimum absolute atomic E-state index is 0.253. The lowest BCUT2D eigenvalue weighted by Gasteiger charge is -2.27. The normalized spacial score (nSPS) is 21.2. The Morgan fingerprint density at radius 2 is 2.23 bits per heavy atom. The van der Waals surface area contributed by atoms with Crippen molar-refractivity contribution in [1.82, 2.24) is 10.3 Å². The predicted octanol–water partition coefficient (Wildman–Crippen LogP) is 2.03. The maximum absolute atomic E-state index is 9.74. The average Bonchev–Trinajstić information content (AvgIpc) is 1.95. The van der Waals surface area contributed by atoms with Gasteiger partial charge in [0.1, 0.15) is 9.39 Å². The van der Waals surface area contributed by atoms with Crippen LogP contribution in [0.1, 0.15) is 18.2 Å². The second kappa shape index (κ2) is 3.85. The number of aromatic hydroxyl groups is 1. The molecule has 1 atom stereocenters. The van der Waals surface area contributed by atoms with E-state index in [0.29, 0.717) is 5.75 Å². The van der Waals surface area contributed by atoms with E-state index in [2.05, 4.69) is 55.5 Å². The first-order valence-corrected chi connectivity index (χ1v) is 6.12.